The molecule has 2 aliphatic heterocycles. The summed E-state index contributed by atoms with van der Waals surface area (Å²) < 4.78 is 5.84. The molecule has 0 aliphatic carbocycles. The van der Waals surface area contributed by atoms with Crippen molar-refractivity contribution in [3.8, 4) is 0 Å². The maximum absolute atomic E-state index is 5.84. The number of nitrogens with zero attached hydrogens (tertiary/aromatic N) is 1. The Balaban J connectivity index is 1.62. The molecule has 110 valence electrons. The molecule has 0 amide bonds. The van der Waals surface area contributed by atoms with Gasteiger partial charge in [-0.1, -0.05) is 12.1 Å². The number of hydrogen-bond donors (Lipinski definition) is 1. The monoisotopic (exact) mass is 274 g/mol. The van der Waals surface area contributed by atoms with Crippen LogP contribution in [0.25, 0.3) is 0 Å². The average molecular weight is 274 g/mol. The van der Waals surface area contributed by atoms with Crippen molar-refractivity contribution >= 4 is 5.69 Å². The normalized spacial score (nSPS) is 22.4. The van der Waals surface area contributed by atoms with Gasteiger partial charge in [0.2, 0.25) is 0 Å². The van der Waals surface area contributed by atoms with Gasteiger partial charge in [-0.15, -0.1) is 0 Å². The number of rotatable bonds is 4. The molecule has 1 unspecified atom stereocenters. The van der Waals surface area contributed by atoms with E-state index in [0.29, 0.717) is 6.10 Å². The van der Waals surface area contributed by atoms with E-state index < -0.39 is 0 Å². The second-order valence-corrected chi connectivity index (χ2v) is 6.16. The highest BCUT2D eigenvalue weighted by Gasteiger charge is 2.18. The van der Waals surface area contributed by atoms with E-state index in [1.165, 1.54) is 48.9 Å². The first-order valence-corrected chi connectivity index (χ1v) is 7.98. The van der Waals surface area contributed by atoms with Crippen molar-refractivity contribution in [2.45, 2.75) is 44.8 Å². The molecule has 1 atom stereocenters. The van der Waals surface area contributed by atoms with Crippen molar-refractivity contribution in [2.24, 2.45) is 0 Å². The van der Waals surface area contributed by atoms with E-state index in [9.17, 15) is 0 Å². The van der Waals surface area contributed by atoms with Crippen molar-refractivity contribution in [1.82, 2.24) is 4.90 Å². The lowest BCUT2D eigenvalue weighted by Crippen LogP contribution is -2.33. The molecular weight excluding hydrogens is 248 g/mol. The third kappa shape index (κ3) is 3.33. The van der Waals surface area contributed by atoms with Crippen LogP contribution in [-0.2, 0) is 17.7 Å². The molecule has 2 heterocycles. The Morgan fingerprint density at radius 2 is 2.25 bits per heavy atom. The van der Waals surface area contributed by atoms with E-state index in [-0.39, 0.29) is 0 Å². The van der Waals surface area contributed by atoms with E-state index in [2.05, 4.69) is 35.5 Å². The summed E-state index contributed by atoms with van der Waals surface area (Å²) in [5.74, 6) is 0. The van der Waals surface area contributed by atoms with Crippen molar-refractivity contribution in [3.05, 3.63) is 29.3 Å². The number of ether oxygens (including phenoxy) is 1. The van der Waals surface area contributed by atoms with E-state index >= 15 is 0 Å². The number of hydrogen-bond acceptors (Lipinski definition) is 3. The molecular formula is C17H26N2O. The molecule has 1 aromatic rings. The Morgan fingerprint density at radius 3 is 3.10 bits per heavy atom. The van der Waals surface area contributed by atoms with Gasteiger partial charge in [0.05, 0.1) is 6.10 Å². The molecule has 3 rings (SSSR count). The van der Waals surface area contributed by atoms with Crippen LogP contribution >= 0.6 is 0 Å². The van der Waals surface area contributed by atoms with Gasteiger partial charge < -0.3 is 10.1 Å². The molecule has 2 aliphatic rings. The van der Waals surface area contributed by atoms with Gasteiger partial charge in [-0.2, -0.15) is 0 Å². The lowest BCUT2D eigenvalue weighted by atomic mass is 9.97. The number of nitrogens with one attached hydrogen (secondary N) is 1. The zero-order valence-corrected chi connectivity index (χ0v) is 12.5. The van der Waals surface area contributed by atoms with Gasteiger partial charge in [0.1, 0.15) is 0 Å². The molecule has 1 saturated heterocycles. The Labute approximate surface area is 122 Å². The van der Waals surface area contributed by atoms with Gasteiger partial charge in [-0.3, -0.25) is 4.90 Å². The molecule has 3 heteroatoms. The predicted octanol–water partition coefficient (Wildman–Crippen LogP) is 3.05. The van der Waals surface area contributed by atoms with Crippen LogP contribution in [0.2, 0.25) is 0 Å². The first-order valence-electron chi connectivity index (χ1n) is 7.98. The Hall–Kier alpha value is -1.06. The molecule has 0 aromatic heterocycles. The number of fused-ring (bicyclic) bond motifs is 1. The van der Waals surface area contributed by atoms with Crippen LogP contribution < -0.4 is 5.32 Å². The average Bonchev–Trinajstić information content (AvgIpc) is 2.48. The van der Waals surface area contributed by atoms with Crippen molar-refractivity contribution in [2.75, 3.05) is 32.1 Å². The van der Waals surface area contributed by atoms with Crippen LogP contribution in [0, 0.1) is 0 Å². The summed E-state index contributed by atoms with van der Waals surface area (Å²) >= 11 is 0. The molecule has 1 fully saturated rings. The number of likely N-dealkylation sites (N-methyl/N-ethyl adjacent to an activating group) is 1. The molecule has 0 spiro atoms. The molecule has 3 nitrogen and oxygen atoms in total. The van der Waals surface area contributed by atoms with Gasteiger partial charge in [0, 0.05) is 31.9 Å². The Morgan fingerprint density at radius 1 is 1.30 bits per heavy atom. The van der Waals surface area contributed by atoms with Gasteiger partial charge in [-0.25, -0.2) is 0 Å². The molecule has 0 saturated carbocycles. The lowest BCUT2D eigenvalue weighted by Gasteiger charge is -2.29. The van der Waals surface area contributed by atoms with Gasteiger partial charge in [0.25, 0.3) is 0 Å². The second-order valence-electron chi connectivity index (χ2n) is 6.16. The lowest BCUT2D eigenvalue weighted by molar-refractivity contribution is -0.00262. The third-order valence-corrected chi connectivity index (χ3v) is 4.42. The molecule has 1 N–H and O–H groups in total. The molecule has 1 aromatic carbocycles. The highest BCUT2D eigenvalue weighted by Crippen LogP contribution is 2.26. The van der Waals surface area contributed by atoms with Crippen LogP contribution in [0.3, 0.4) is 0 Å². The topological polar surface area (TPSA) is 24.5 Å². The minimum Gasteiger partial charge on any atom is -0.385 e. The summed E-state index contributed by atoms with van der Waals surface area (Å²) in [6, 6.07) is 6.67. The van der Waals surface area contributed by atoms with Crippen LogP contribution in [-0.4, -0.2) is 37.7 Å². The van der Waals surface area contributed by atoms with E-state index in [0.717, 1.165) is 26.2 Å². The fraction of sp³-hybridized carbons (Fsp3) is 0.647. The van der Waals surface area contributed by atoms with Crippen LogP contribution in [0.1, 0.15) is 36.8 Å². The zero-order valence-electron chi connectivity index (χ0n) is 12.5. The number of benzene rings is 1. The predicted molar refractivity (Wildman–Crippen MR) is 83.2 cm³/mol. The maximum atomic E-state index is 5.84. The Bertz CT molecular complexity index is 441. The first kappa shape index (κ1) is 13.9. The van der Waals surface area contributed by atoms with Gasteiger partial charge in [-0.05, 0) is 56.3 Å². The van der Waals surface area contributed by atoms with Gasteiger partial charge in [0.15, 0.2) is 0 Å². The SMILES string of the molecule is CN(Cc1cccc2c1CCCN2)CC1CCCCO1. The minimum absolute atomic E-state index is 0.436. The smallest absolute Gasteiger partial charge is 0.0702 e. The van der Waals surface area contributed by atoms with Crippen molar-refractivity contribution < 1.29 is 4.74 Å². The maximum Gasteiger partial charge on any atom is 0.0702 e. The summed E-state index contributed by atoms with van der Waals surface area (Å²) in [5, 5.41) is 3.51. The van der Waals surface area contributed by atoms with Crippen LogP contribution in [0.4, 0.5) is 5.69 Å². The third-order valence-electron chi connectivity index (χ3n) is 4.42. The zero-order chi connectivity index (χ0) is 13.8. The fourth-order valence-corrected chi connectivity index (χ4v) is 3.39. The number of anilines is 1. The molecule has 20 heavy (non-hydrogen) atoms. The Kier molecular flexibility index (Phi) is 4.58. The standard InChI is InChI=1S/C17H26N2O/c1-19(13-15-7-2-3-11-20-15)12-14-6-4-9-17-16(14)8-5-10-18-17/h4,6,9,15,18H,2-3,5,7-8,10-13H2,1H3. The van der Waals surface area contributed by atoms with Crippen LogP contribution in [0.15, 0.2) is 18.2 Å². The van der Waals surface area contributed by atoms with Gasteiger partial charge >= 0.3 is 0 Å². The largest absolute Gasteiger partial charge is 0.385 e. The quantitative estimate of drug-likeness (QED) is 0.913. The summed E-state index contributed by atoms with van der Waals surface area (Å²) in [5.41, 5.74) is 4.35. The van der Waals surface area contributed by atoms with E-state index in [1.54, 1.807) is 0 Å². The second kappa shape index (κ2) is 6.59. The minimum atomic E-state index is 0.436. The molecule has 0 bridgehead atoms. The first-order chi connectivity index (χ1) is 9.83. The van der Waals surface area contributed by atoms with Crippen LogP contribution in [0.5, 0.6) is 0 Å². The van der Waals surface area contributed by atoms with E-state index in [1.807, 2.05) is 0 Å². The summed E-state index contributed by atoms with van der Waals surface area (Å²) in [6.07, 6.45) is 6.68. The van der Waals surface area contributed by atoms with Crippen molar-refractivity contribution in [3.63, 3.8) is 0 Å². The van der Waals surface area contributed by atoms with Crippen molar-refractivity contribution in [1.29, 1.82) is 0 Å². The highest BCUT2D eigenvalue weighted by molar-refractivity contribution is 5.56. The fourth-order valence-electron chi connectivity index (χ4n) is 3.39. The highest BCUT2D eigenvalue weighted by atomic mass is 16.5. The van der Waals surface area contributed by atoms with E-state index in [4.69, 9.17) is 4.74 Å². The summed E-state index contributed by atoms with van der Waals surface area (Å²) in [4.78, 5) is 2.42. The molecule has 0 radical (unpaired) electrons. The summed E-state index contributed by atoms with van der Waals surface area (Å²) in [7, 11) is 2.22. The summed E-state index contributed by atoms with van der Waals surface area (Å²) in [6.45, 7) is 4.15.